The van der Waals surface area contributed by atoms with Gasteiger partial charge in [0.25, 0.3) is 0 Å². The van der Waals surface area contributed by atoms with E-state index in [-0.39, 0.29) is 12.2 Å². The van der Waals surface area contributed by atoms with Gasteiger partial charge in [0, 0.05) is 5.02 Å². The fraction of sp³-hybridized carbons (Fsp3) is 0.0714. The third kappa shape index (κ3) is 3.45. The molecule has 0 amide bonds. The van der Waals surface area contributed by atoms with Crippen LogP contribution in [0.2, 0.25) is 5.02 Å². The summed E-state index contributed by atoms with van der Waals surface area (Å²) in [5, 5.41) is 9.26. The third-order valence-corrected chi connectivity index (χ3v) is 2.70. The van der Waals surface area contributed by atoms with Gasteiger partial charge in [0.15, 0.2) is 0 Å². The molecule has 0 aliphatic rings. The Balaban J connectivity index is 2.08. The van der Waals surface area contributed by atoms with E-state index in [4.69, 9.17) is 21.4 Å². The number of carboxylic acid groups (broad SMARTS) is 1. The smallest absolute Gasteiger partial charge is 0.338 e. The summed E-state index contributed by atoms with van der Waals surface area (Å²) in [6.07, 6.45) is 0. The summed E-state index contributed by atoms with van der Waals surface area (Å²) in [6, 6.07) is 10.7. The molecule has 0 saturated heterocycles. The van der Waals surface area contributed by atoms with Crippen LogP contribution in [0, 0.1) is 5.82 Å². The number of benzene rings is 2. The zero-order chi connectivity index (χ0) is 13.8. The number of hydrogen-bond donors (Lipinski definition) is 1. The quantitative estimate of drug-likeness (QED) is 0.927. The average Bonchev–Trinajstić information content (AvgIpc) is 2.36. The van der Waals surface area contributed by atoms with Crippen molar-refractivity contribution in [2.75, 3.05) is 0 Å². The molecule has 5 heteroatoms. The van der Waals surface area contributed by atoms with Crippen LogP contribution in [0.4, 0.5) is 4.39 Å². The zero-order valence-electron chi connectivity index (χ0n) is 9.77. The first-order valence-electron chi connectivity index (χ1n) is 5.46. The number of ether oxygens (including phenoxy) is 1. The Bertz CT molecular complexity index is 613. The Morgan fingerprint density at radius 2 is 2.05 bits per heavy atom. The molecule has 0 bridgehead atoms. The lowest BCUT2D eigenvalue weighted by molar-refractivity contribution is 0.0692. The van der Waals surface area contributed by atoms with Crippen molar-refractivity contribution in [3.05, 3.63) is 64.4 Å². The predicted molar refractivity (Wildman–Crippen MR) is 69.1 cm³/mol. The minimum absolute atomic E-state index is 0.136. The highest BCUT2D eigenvalue weighted by molar-refractivity contribution is 6.30. The normalized spacial score (nSPS) is 10.2. The molecule has 19 heavy (non-hydrogen) atoms. The first-order valence-corrected chi connectivity index (χ1v) is 5.84. The SMILES string of the molecule is O=C(O)c1ccc(COc2cccc(Cl)c2)cc1F. The number of carboxylic acids is 1. The standard InChI is InChI=1S/C14H10ClFO3/c15-10-2-1-3-11(7-10)19-8-9-4-5-12(14(17)18)13(16)6-9/h1-7H,8H2,(H,17,18). The van der Waals surface area contributed by atoms with Gasteiger partial charge in [-0.25, -0.2) is 9.18 Å². The Labute approximate surface area is 114 Å². The molecule has 98 valence electrons. The number of carbonyl (C=O) groups is 1. The summed E-state index contributed by atoms with van der Waals surface area (Å²) >= 11 is 5.80. The van der Waals surface area contributed by atoms with E-state index >= 15 is 0 Å². The molecule has 0 heterocycles. The van der Waals surface area contributed by atoms with Crippen molar-refractivity contribution >= 4 is 17.6 Å². The molecule has 0 aliphatic carbocycles. The van der Waals surface area contributed by atoms with Gasteiger partial charge in [-0.1, -0.05) is 23.7 Å². The molecule has 3 nitrogen and oxygen atoms in total. The lowest BCUT2D eigenvalue weighted by atomic mass is 10.1. The highest BCUT2D eigenvalue weighted by Crippen LogP contribution is 2.19. The second kappa shape index (κ2) is 5.71. The number of aromatic carboxylic acids is 1. The van der Waals surface area contributed by atoms with Crippen LogP contribution in [-0.4, -0.2) is 11.1 Å². The Morgan fingerprint density at radius 1 is 1.26 bits per heavy atom. The van der Waals surface area contributed by atoms with Gasteiger partial charge >= 0.3 is 5.97 Å². The van der Waals surface area contributed by atoms with E-state index in [1.807, 2.05) is 0 Å². The highest BCUT2D eigenvalue weighted by Gasteiger charge is 2.10. The van der Waals surface area contributed by atoms with Crippen molar-refractivity contribution in [2.24, 2.45) is 0 Å². The lowest BCUT2D eigenvalue weighted by Crippen LogP contribution is -2.02. The van der Waals surface area contributed by atoms with Crippen LogP contribution in [0.3, 0.4) is 0 Å². The number of hydrogen-bond acceptors (Lipinski definition) is 2. The number of halogens is 2. The van der Waals surface area contributed by atoms with Crippen LogP contribution in [-0.2, 0) is 6.61 Å². The molecule has 2 aromatic carbocycles. The molecule has 0 fully saturated rings. The second-order valence-electron chi connectivity index (χ2n) is 3.87. The maximum Gasteiger partial charge on any atom is 0.338 e. The van der Waals surface area contributed by atoms with E-state index in [1.165, 1.54) is 12.1 Å². The summed E-state index contributed by atoms with van der Waals surface area (Å²) in [4.78, 5) is 10.7. The molecular formula is C14H10ClFO3. The average molecular weight is 281 g/mol. The third-order valence-electron chi connectivity index (χ3n) is 2.47. The summed E-state index contributed by atoms with van der Waals surface area (Å²) in [7, 11) is 0. The Hall–Kier alpha value is -2.07. The highest BCUT2D eigenvalue weighted by atomic mass is 35.5. The molecule has 0 atom stereocenters. The minimum atomic E-state index is -1.29. The maximum atomic E-state index is 13.4. The zero-order valence-corrected chi connectivity index (χ0v) is 10.5. The molecular weight excluding hydrogens is 271 g/mol. The van der Waals surface area contributed by atoms with Gasteiger partial charge in [-0.15, -0.1) is 0 Å². The van der Waals surface area contributed by atoms with Crippen molar-refractivity contribution in [1.29, 1.82) is 0 Å². The summed E-state index contributed by atoms with van der Waals surface area (Å²) in [5.74, 6) is -1.50. The molecule has 2 aromatic rings. The minimum Gasteiger partial charge on any atom is -0.489 e. The van der Waals surface area contributed by atoms with Gasteiger partial charge in [0.1, 0.15) is 18.2 Å². The summed E-state index contributed by atoms with van der Waals surface area (Å²) in [5.41, 5.74) is 0.189. The van der Waals surface area contributed by atoms with Crippen LogP contribution >= 0.6 is 11.6 Å². The first kappa shape index (κ1) is 13.4. The van der Waals surface area contributed by atoms with E-state index < -0.39 is 11.8 Å². The molecule has 0 aliphatic heterocycles. The molecule has 0 radical (unpaired) electrons. The van der Waals surface area contributed by atoms with Gasteiger partial charge in [0.05, 0.1) is 5.56 Å². The van der Waals surface area contributed by atoms with E-state index in [2.05, 4.69) is 0 Å². The van der Waals surface area contributed by atoms with E-state index in [1.54, 1.807) is 24.3 Å². The van der Waals surface area contributed by atoms with Gasteiger partial charge < -0.3 is 9.84 Å². The summed E-state index contributed by atoms with van der Waals surface area (Å²) in [6.45, 7) is 0.136. The Morgan fingerprint density at radius 3 is 2.68 bits per heavy atom. The molecule has 0 saturated carbocycles. The fourth-order valence-electron chi connectivity index (χ4n) is 1.55. The van der Waals surface area contributed by atoms with Crippen molar-refractivity contribution < 1.29 is 19.0 Å². The fourth-order valence-corrected chi connectivity index (χ4v) is 1.73. The van der Waals surface area contributed by atoms with Crippen molar-refractivity contribution in [3.8, 4) is 5.75 Å². The summed E-state index contributed by atoms with van der Waals surface area (Å²) < 4.78 is 18.9. The Kier molecular flexibility index (Phi) is 4.02. The molecule has 0 spiro atoms. The van der Waals surface area contributed by atoms with Crippen molar-refractivity contribution in [3.63, 3.8) is 0 Å². The molecule has 2 rings (SSSR count). The van der Waals surface area contributed by atoms with Crippen LogP contribution in [0.25, 0.3) is 0 Å². The van der Waals surface area contributed by atoms with E-state index in [9.17, 15) is 9.18 Å². The molecule has 0 unspecified atom stereocenters. The van der Waals surface area contributed by atoms with Crippen LogP contribution < -0.4 is 4.74 Å². The van der Waals surface area contributed by atoms with Gasteiger partial charge in [-0.3, -0.25) is 0 Å². The van der Waals surface area contributed by atoms with Crippen LogP contribution in [0.5, 0.6) is 5.75 Å². The van der Waals surface area contributed by atoms with Gasteiger partial charge in [-0.2, -0.15) is 0 Å². The van der Waals surface area contributed by atoms with Gasteiger partial charge in [-0.05, 0) is 35.9 Å². The maximum absolute atomic E-state index is 13.4. The van der Waals surface area contributed by atoms with Crippen LogP contribution in [0.15, 0.2) is 42.5 Å². The van der Waals surface area contributed by atoms with E-state index in [0.717, 1.165) is 6.07 Å². The van der Waals surface area contributed by atoms with Crippen molar-refractivity contribution in [1.82, 2.24) is 0 Å². The number of rotatable bonds is 4. The van der Waals surface area contributed by atoms with Gasteiger partial charge in [0.2, 0.25) is 0 Å². The van der Waals surface area contributed by atoms with Crippen molar-refractivity contribution in [2.45, 2.75) is 6.61 Å². The first-order chi connectivity index (χ1) is 9.06. The largest absolute Gasteiger partial charge is 0.489 e. The predicted octanol–water partition coefficient (Wildman–Crippen LogP) is 3.76. The van der Waals surface area contributed by atoms with E-state index in [0.29, 0.717) is 16.3 Å². The topological polar surface area (TPSA) is 46.5 Å². The van der Waals surface area contributed by atoms with Crippen LogP contribution in [0.1, 0.15) is 15.9 Å². The molecule has 1 N–H and O–H groups in total. The monoisotopic (exact) mass is 280 g/mol. The second-order valence-corrected chi connectivity index (χ2v) is 4.30. The lowest BCUT2D eigenvalue weighted by Gasteiger charge is -2.07. The molecule has 0 aromatic heterocycles.